The van der Waals surface area contributed by atoms with E-state index in [1.165, 1.54) is 19.2 Å². The Labute approximate surface area is 160 Å². The van der Waals surface area contributed by atoms with Gasteiger partial charge in [-0.3, -0.25) is 4.79 Å². The number of carbonyl (C=O) groups is 1. The Morgan fingerprint density at radius 3 is 2.39 bits per heavy atom. The molecule has 9 heteroatoms. The van der Waals surface area contributed by atoms with Crippen LogP contribution in [0, 0.1) is 11.7 Å². The van der Waals surface area contributed by atoms with Gasteiger partial charge in [0.1, 0.15) is 5.75 Å². The molecule has 156 valence electrons. The van der Waals surface area contributed by atoms with Gasteiger partial charge in [-0.25, -0.2) is 4.39 Å². The number of rotatable bonds is 6. The van der Waals surface area contributed by atoms with Crippen LogP contribution in [-0.2, 0) is 11.3 Å². The molecule has 1 amide bonds. The minimum absolute atomic E-state index is 0.0216. The molecule has 0 unspecified atom stereocenters. The Balaban J connectivity index is 1.60. The molecule has 1 aromatic carbocycles. The van der Waals surface area contributed by atoms with E-state index >= 15 is 0 Å². The van der Waals surface area contributed by atoms with E-state index in [2.05, 4.69) is 10.6 Å². The first-order valence-corrected chi connectivity index (χ1v) is 9.38. The predicted molar refractivity (Wildman–Crippen MR) is 93.6 cm³/mol. The van der Waals surface area contributed by atoms with Crippen LogP contribution in [0.3, 0.4) is 0 Å². The average molecular weight is 404 g/mol. The van der Waals surface area contributed by atoms with Crippen molar-refractivity contribution in [3.63, 3.8) is 0 Å². The van der Waals surface area contributed by atoms with Crippen molar-refractivity contribution >= 4 is 5.91 Å². The fourth-order valence-electron chi connectivity index (χ4n) is 3.50. The molecule has 28 heavy (non-hydrogen) atoms. The largest absolute Gasteiger partial charge is 0.496 e. The second-order valence-electron chi connectivity index (χ2n) is 7.24. The first kappa shape index (κ1) is 20.7. The van der Waals surface area contributed by atoms with Crippen LogP contribution in [0.2, 0.25) is 0 Å². The number of amides is 1. The maximum Gasteiger partial charge on any atom is 0.391 e. The van der Waals surface area contributed by atoms with Gasteiger partial charge in [0, 0.05) is 18.2 Å². The van der Waals surface area contributed by atoms with Crippen LogP contribution in [-0.4, -0.2) is 37.9 Å². The van der Waals surface area contributed by atoms with Crippen LogP contribution in [0.5, 0.6) is 11.5 Å². The number of alkyl halides is 3. The van der Waals surface area contributed by atoms with Gasteiger partial charge in [-0.15, -0.1) is 0 Å². The van der Waals surface area contributed by atoms with E-state index in [1.807, 2.05) is 0 Å². The molecule has 5 nitrogen and oxygen atoms in total. The highest BCUT2D eigenvalue weighted by molar-refractivity contribution is 5.82. The molecule has 3 rings (SSSR count). The summed E-state index contributed by atoms with van der Waals surface area (Å²) in [5, 5.41) is 5.71. The molecule has 2 aliphatic rings. The summed E-state index contributed by atoms with van der Waals surface area (Å²) < 4.78 is 63.6. The maximum absolute atomic E-state index is 14.5. The molecule has 1 aromatic rings. The summed E-state index contributed by atoms with van der Waals surface area (Å²) in [6.45, 7) is 0.904. The first-order valence-electron chi connectivity index (χ1n) is 9.38. The molecule has 0 bridgehead atoms. The number of hydrogen-bond acceptors (Lipinski definition) is 4. The lowest BCUT2D eigenvalue weighted by Gasteiger charge is -2.30. The molecular formula is C19H24F4N2O3. The van der Waals surface area contributed by atoms with Crippen molar-refractivity contribution in [3.05, 3.63) is 23.5 Å². The van der Waals surface area contributed by atoms with Crippen molar-refractivity contribution in [1.29, 1.82) is 0 Å². The number of methoxy groups -OCH3 is 1. The highest BCUT2D eigenvalue weighted by atomic mass is 19.4. The number of ether oxygens (including phenoxy) is 2. The monoisotopic (exact) mass is 404 g/mol. The van der Waals surface area contributed by atoms with Gasteiger partial charge < -0.3 is 20.1 Å². The van der Waals surface area contributed by atoms with Crippen LogP contribution in [0.25, 0.3) is 0 Å². The number of carbonyl (C=O) groups excluding carboxylic acids is 1. The fraction of sp³-hybridized carbons (Fsp3) is 0.632. The summed E-state index contributed by atoms with van der Waals surface area (Å²) in [6.07, 6.45) is -3.50. The molecule has 1 saturated carbocycles. The second-order valence-corrected chi connectivity index (χ2v) is 7.24. The van der Waals surface area contributed by atoms with E-state index in [4.69, 9.17) is 9.47 Å². The lowest BCUT2D eigenvalue weighted by Crippen LogP contribution is -2.52. The Morgan fingerprint density at radius 1 is 1.18 bits per heavy atom. The third kappa shape index (κ3) is 4.87. The van der Waals surface area contributed by atoms with E-state index in [0.717, 1.165) is 13.0 Å². The van der Waals surface area contributed by atoms with Crippen molar-refractivity contribution in [2.24, 2.45) is 5.92 Å². The molecule has 2 N–H and O–H groups in total. The Bertz CT molecular complexity index is 699. The predicted octanol–water partition coefficient (Wildman–Crippen LogP) is 3.31. The van der Waals surface area contributed by atoms with Crippen LogP contribution < -0.4 is 20.1 Å². The van der Waals surface area contributed by atoms with Crippen LogP contribution in [0.15, 0.2) is 12.1 Å². The highest BCUT2D eigenvalue weighted by Gasteiger charge is 2.41. The first-order chi connectivity index (χ1) is 13.3. The molecule has 1 aliphatic carbocycles. The SMILES string of the molecule is COc1cc(OC2CCC(C(F)(F)F)CC2)c(F)cc1CNC(=O)[C@@H]1CCN1. The van der Waals surface area contributed by atoms with Crippen molar-refractivity contribution in [1.82, 2.24) is 10.6 Å². The third-order valence-electron chi connectivity index (χ3n) is 5.36. The number of nitrogens with one attached hydrogen (secondary N) is 2. The van der Waals surface area contributed by atoms with Gasteiger partial charge in [0.15, 0.2) is 11.6 Å². The summed E-state index contributed by atoms with van der Waals surface area (Å²) in [6, 6.07) is 2.39. The molecule has 1 atom stereocenters. The van der Waals surface area contributed by atoms with E-state index in [9.17, 15) is 22.4 Å². The quantitative estimate of drug-likeness (QED) is 0.715. The van der Waals surface area contributed by atoms with Gasteiger partial charge in [-0.1, -0.05) is 0 Å². The lowest BCUT2D eigenvalue weighted by atomic mass is 9.87. The van der Waals surface area contributed by atoms with E-state index < -0.39 is 24.0 Å². The molecule has 0 aromatic heterocycles. The summed E-state index contributed by atoms with van der Waals surface area (Å²) in [5.74, 6) is -1.81. The second kappa shape index (κ2) is 8.55. The fourth-order valence-corrected chi connectivity index (χ4v) is 3.50. The number of hydrogen-bond donors (Lipinski definition) is 2. The van der Waals surface area contributed by atoms with Gasteiger partial charge in [-0.2, -0.15) is 13.2 Å². The van der Waals surface area contributed by atoms with Crippen molar-refractivity contribution < 1.29 is 31.8 Å². The van der Waals surface area contributed by atoms with Crippen LogP contribution in [0.1, 0.15) is 37.7 Å². The zero-order valence-corrected chi connectivity index (χ0v) is 15.6. The average Bonchev–Trinajstić information content (AvgIpc) is 2.60. The van der Waals surface area contributed by atoms with Crippen LogP contribution in [0.4, 0.5) is 17.6 Å². The molecule has 1 heterocycles. The van der Waals surface area contributed by atoms with Crippen molar-refractivity contribution in [2.45, 2.75) is 57.0 Å². The summed E-state index contributed by atoms with van der Waals surface area (Å²) in [7, 11) is 1.42. The Kier molecular flexibility index (Phi) is 6.32. The van der Waals surface area contributed by atoms with Gasteiger partial charge in [0.25, 0.3) is 0 Å². The normalized spacial score (nSPS) is 25.0. The van der Waals surface area contributed by atoms with Gasteiger partial charge >= 0.3 is 6.18 Å². The summed E-state index contributed by atoms with van der Waals surface area (Å²) in [5.41, 5.74) is 0.459. The topological polar surface area (TPSA) is 59.6 Å². The van der Waals surface area contributed by atoms with E-state index in [0.29, 0.717) is 11.3 Å². The van der Waals surface area contributed by atoms with E-state index in [1.54, 1.807) is 0 Å². The van der Waals surface area contributed by atoms with Gasteiger partial charge in [0.2, 0.25) is 5.91 Å². The minimum atomic E-state index is -4.19. The molecule has 1 saturated heterocycles. The van der Waals surface area contributed by atoms with Crippen LogP contribution >= 0.6 is 0 Å². The zero-order chi connectivity index (χ0) is 20.3. The Hall–Kier alpha value is -2.03. The molecular weight excluding hydrogens is 380 g/mol. The van der Waals surface area contributed by atoms with Crippen molar-refractivity contribution in [3.8, 4) is 11.5 Å². The van der Waals surface area contributed by atoms with Gasteiger partial charge in [0.05, 0.1) is 25.2 Å². The minimum Gasteiger partial charge on any atom is -0.496 e. The highest BCUT2D eigenvalue weighted by Crippen LogP contribution is 2.39. The standard InChI is InChI=1S/C19H24F4N2O3/c1-27-16-9-17(28-13-4-2-12(3-5-13)19(21,22)23)14(20)8-11(16)10-25-18(26)15-6-7-24-15/h8-9,12-13,15,24H,2-7,10H2,1H3,(H,25,26)/t12?,13?,15-/m0/s1. The Morgan fingerprint density at radius 2 is 1.86 bits per heavy atom. The maximum atomic E-state index is 14.5. The summed E-state index contributed by atoms with van der Waals surface area (Å²) in [4.78, 5) is 11.9. The number of halogens is 4. The third-order valence-corrected chi connectivity index (χ3v) is 5.36. The van der Waals surface area contributed by atoms with Gasteiger partial charge in [-0.05, 0) is 44.7 Å². The molecule has 0 radical (unpaired) electrons. The van der Waals surface area contributed by atoms with Crippen molar-refractivity contribution in [2.75, 3.05) is 13.7 Å². The molecule has 0 spiro atoms. The molecule has 2 fully saturated rings. The lowest BCUT2D eigenvalue weighted by molar-refractivity contribution is -0.185. The number of benzene rings is 1. The molecule has 1 aliphatic heterocycles. The van der Waals surface area contributed by atoms with E-state index in [-0.39, 0.29) is 49.9 Å². The zero-order valence-electron chi connectivity index (χ0n) is 15.6. The smallest absolute Gasteiger partial charge is 0.391 e. The summed E-state index contributed by atoms with van der Waals surface area (Å²) >= 11 is 0.